The van der Waals surface area contributed by atoms with Crippen molar-refractivity contribution in [3.63, 3.8) is 0 Å². The summed E-state index contributed by atoms with van der Waals surface area (Å²) >= 11 is 5.90. The number of Topliss-reactive ketones (excluding diaryl/α,β-unsaturated/α-hetero) is 2. The molecular weight excluding hydrogens is 420 g/mol. The molecule has 3 nitrogen and oxygen atoms in total. The minimum absolute atomic E-state index is 0.0545. The van der Waals surface area contributed by atoms with Crippen molar-refractivity contribution < 1.29 is 18.4 Å². The highest BCUT2D eigenvalue weighted by Gasteiger charge is 2.31. The lowest BCUT2D eigenvalue weighted by molar-refractivity contribution is 0.0803. The van der Waals surface area contributed by atoms with E-state index in [1.54, 1.807) is 12.3 Å². The van der Waals surface area contributed by atoms with E-state index in [0.29, 0.717) is 10.7 Å². The molecule has 0 N–H and O–H groups in total. The van der Waals surface area contributed by atoms with Gasteiger partial charge in [-0.25, -0.2) is 8.78 Å². The van der Waals surface area contributed by atoms with Crippen molar-refractivity contribution in [2.45, 2.75) is 6.42 Å². The van der Waals surface area contributed by atoms with Gasteiger partial charge in [0.2, 0.25) is 0 Å². The molecule has 6 heteroatoms. The van der Waals surface area contributed by atoms with Crippen molar-refractivity contribution in [1.82, 2.24) is 4.98 Å². The lowest BCUT2D eigenvalue weighted by Gasteiger charge is -2.16. The van der Waals surface area contributed by atoms with Crippen LogP contribution in [-0.2, 0) is 6.42 Å². The minimum atomic E-state index is -1.27. The van der Waals surface area contributed by atoms with Gasteiger partial charge in [0, 0.05) is 34.3 Å². The van der Waals surface area contributed by atoms with Crippen LogP contribution >= 0.6 is 11.6 Å². The van der Waals surface area contributed by atoms with Crippen molar-refractivity contribution in [2.75, 3.05) is 0 Å². The zero-order valence-corrected chi connectivity index (χ0v) is 16.9. The third kappa shape index (κ3) is 4.52. The number of hydrogen-bond acceptors (Lipinski definition) is 3. The number of ketones is 2. The number of halogens is 3. The summed E-state index contributed by atoms with van der Waals surface area (Å²) in [4.78, 5) is 30.8. The van der Waals surface area contributed by atoms with Crippen LogP contribution in [0.5, 0.6) is 0 Å². The fraction of sp³-hybridized carbons (Fsp3) is 0.0800. The van der Waals surface area contributed by atoms with E-state index < -0.39 is 34.7 Å². The van der Waals surface area contributed by atoms with Crippen LogP contribution in [-0.4, -0.2) is 16.6 Å². The molecule has 0 saturated heterocycles. The molecule has 0 fully saturated rings. The molecule has 0 amide bonds. The zero-order chi connectivity index (χ0) is 22.0. The maximum absolute atomic E-state index is 14.3. The number of nitrogens with zero attached hydrogens (tertiary/aromatic N) is 1. The first-order chi connectivity index (χ1) is 14.9. The lowest BCUT2D eigenvalue weighted by Crippen LogP contribution is -2.28. The number of rotatable bonds is 6. The highest BCUT2D eigenvalue weighted by molar-refractivity contribution is 6.30. The van der Waals surface area contributed by atoms with Crippen LogP contribution in [0.25, 0.3) is 10.8 Å². The summed E-state index contributed by atoms with van der Waals surface area (Å²) in [5, 5.41) is 2.25. The number of pyridine rings is 1. The summed E-state index contributed by atoms with van der Waals surface area (Å²) in [6.07, 6.45) is 1.60. The maximum atomic E-state index is 14.3. The van der Waals surface area contributed by atoms with E-state index in [-0.39, 0.29) is 12.0 Å². The third-order valence-corrected chi connectivity index (χ3v) is 5.31. The Labute approximate surface area is 182 Å². The summed E-state index contributed by atoms with van der Waals surface area (Å²) < 4.78 is 28.0. The fourth-order valence-corrected chi connectivity index (χ4v) is 3.57. The number of carbonyl (C=O) groups is 2. The van der Waals surface area contributed by atoms with Gasteiger partial charge in [-0.05, 0) is 53.9 Å². The van der Waals surface area contributed by atoms with Crippen molar-refractivity contribution >= 4 is 33.9 Å². The van der Waals surface area contributed by atoms with E-state index in [0.717, 1.165) is 29.0 Å². The van der Waals surface area contributed by atoms with Crippen molar-refractivity contribution in [1.29, 1.82) is 0 Å². The van der Waals surface area contributed by atoms with Gasteiger partial charge in [0.15, 0.2) is 11.6 Å². The fourth-order valence-electron chi connectivity index (χ4n) is 3.44. The van der Waals surface area contributed by atoms with Gasteiger partial charge in [0.05, 0.1) is 11.5 Å². The molecule has 0 aliphatic rings. The maximum Gasteiger partial charge on any atom is 0.177 e. The Morgan fingerprint density at radius 1 is 0.871 bits per heavy atom. The first kappa shape index (κ1) is 20.8. The summed E-state index contributed by atoms with van der Waals surface area (Å²) in [6.45, 7) is 0. The van der Waals surface area contributed by atoms with Gasteiger partial charge in [-0.3, -0.25) is 14.6 Å². The average Bonchev–Trinajstić information content (AvgIpc) is 2.78. The molecule has 0 spiro atoms. The molecule has 0 saturated carbocycles. The van der Waals surface area contributed by atoms with Gasteiger partial charge in [-0.1, -0.05) is 35.9 Å². The second-order valence-electron chi connectivity index (χ2n) is 7.14. The molecule has 1 heterocycles. The lowest BCUT2D eigenvalue weighted by atomic mass is 9.86. The van der Waals surface area contributed by atoms with Gasteiger partial charge < -0.3 is 0 Å². The van der Waals surface area contributed by atoms with Crippen molar-refractivity contribution in [3.8, 4) is 0 Å². The molecule has 4 aromatic rings. The Morgan fingerprint density at radius 2 is 1.58 bits per heavy atom. The predicted octanol–water partition coefficient (Wildman–Crippen LogP) is 6.09. The Hall–Kier alpha value is -3.44. The van der Waals surface area contributed by atoms with Crippen LogP contribution in [0.4, 0.5) is 8.78 Å². The summed E-state index contributed by atoms with van der Waals surface area (Å²) in [5.41, 5.74) is 0.282. The molecule has 0 radical (unpaired) electrons. The van der Waals surface area contributed by atoms with Crippen molar-refractivity contribution in [3.05, 3.63) is 112 Å². The topological polar surface area (TPSA) is 47.0 Å². The highest BCUT2D eigenvalue weighted by Crippen LogP contribution is 2.24. The molecule has 31 heavy (non-hydrogen) atoms. The molecule has 3 aromatic carbocycles. The molecule has 4 rings (SSSR count). The second-order valence-corrected chi connectivity index (χ2v) is 7.58. The van der Waals surface area contributed by atoms with Crippen LogP contribution in [0.1, 0.15) is 26.4 Å². The number of fused-ring (bicyclic) bond motifs is 1. The average molecular weight is 436 g/mol. The number of aromatic nitrogens is 1. The number of hydrogen-bond donors (Lipinski definition) is 0. The van der Waals surface area contributed by atoms with Crippen LogP contribution in [0.2, 0.25) is 5.02 Å². The molecular formula is C25H16ClF2NO2. The smallest absolute Gasteiger partial charge is 0.177 e. The summed E-state index contributed by atoms with van der Waals surface area (Å²) in [7, 11) is 0. The van der Waals surface area contributed by atoms with Crippen LogP contribution in [0, 0.1) is 17.6 Å². The number of benzene rings is 3. The van der Waals surface area contributed by atoms with E-state index in [1.807, 2.05) is 24.3 Å². The van der Waals surface area contributed by atoms with Gasteiger partial charge in [-0.2, -0.15) is 0 Å². The van der Waals surface area contributed by atoms with E-state index in [4.69, 9.17) is 11.6 Å². The molecule has 0 aliphatic carbocycles. The predicted molar refractivity (Wildman–Crippen MR) is 115 cm³/mol. The Morgan fingerprint density at radius 3 is 2.32 bits per heavy atom. The first-order valence-electron chi connectivity index (χ1n) is 9.55. The molecule has 1 unspecified atom stereocenters. The van der Waals surface area contributed by atoms with Crippen LogP contribution < -0.4 is 0 Å². The normalized spacial score (nSPS) is 12.0. The Kier molecular flexibility index (Phi) is 5.87. The van der Waals surface area contributed by atoms with Gasteiger partial charge >= 0.3 is 0 Å². The molecule has 0 bridgehead atoms. The Balaban J connectivity index is 1.75. The molecule has 1 atom stereocenters. The van der Waals surface area contributed by atoms with Gasteiger partial charge in [0.1, 0.15) is 11.6 Å². The van der Waals surface area contributed by atoms with Crippen LogP contribution in [0.3, 0.4) is 0 Å². The van der Waals surface area contributed by atoms with Gasteiger partial charge in [0.25, 0.3) is 0 Å². The monoisotopic (exact) mass is 435 g/mol. The second kappa shape index (κ2) is 8.74. The molecule has 0 aliphatic heterocycles. The third-order valence-electron chi connectivity index (χ3n) is 5.06. The van der Waals surface area contributed by atoms with E-state index in [2.05, 4.69) is 4.98 Å². The summed E-state index contributed by atoms with van der Waals surface area (Å²) in [6, 6.07) is 18.0. The van der Waals surface area contributed by atoms with Crippen molar-refractivity contribution in [2.24, 2.45) is 5.92 Å². The van der Waals surface area contributed by atoms with Crippen LogP contribution in [0.15, 0.2) is 79.0 Å². The van der Waals surface area contributed by atoms with E-state index >= 15 is 0 Å². The van der Waals surface area contributed by atoms with E-state index in [9.17, 15) is 18.4 Å². The summed E-state index contributed by atoms with van der Waals surface area (Å²) in [5.74, 6) is -4.23. The standard InChI is InChI=1S/C25H16ClF2NO2/c26-18-7-5-15(6-8-18)24(30)22(25(31)21-12-19(27)9-10-23(21)28)13-20-11-16-3-1-2-4-17(16)14-29-20/h1-12,14,22H,13H2. The first-order valence-corrected chi connectivity index (χ1v) is 9.93. The SMILES string of the molecule is O=C(c1ccc(Cl)cc1)C(Cc1cc2ccccc2cn1)C(=O)c1cc(F)ccc1F. The molecule has 1 aromatic heterocycles. The minimum Gasteiger partial charge on any atom is -0.293 e. The highest BCUT2D eigenvalue weighted by atomic mass is 35.5. The van der Waals surface area contributed by atoms with E-state index in [1.165, 1.54) is 24.3 Å². The largest absolute Gasteiger partial charge is 0.293 e. The molecule has 154 valence electrons. The van der Waals surface area contributed by atoms with Gasteiger partial charge in [-0.15, -0.1) is 0 Å². The Bertz CT molecular complexity index is 1290. The number of carbonyl (C=O) groups excluding carboxylic acids is 2. The zero-order valence-electron chi connectivity index (χ0n) is 16.2. The quantitative estimate of drug-likeness (QED) is 0.272.